The number of furan rings is 1. The summed E-state index contributed by atoms with van der Waals surface area (Å²) in [6.45, 7) is 6.11. The van der Waals surface area contributed by atoms with Gasteiger partial charge in [-0.2, -0.15) is 0 Å². The van der Waals surface area contributed by atoms with Gasteiger partial charge in [0.15, 0.2) is 0 Å². The molecule has 3 fully saturated rings. The molecule has 7 nitrogen and oxygen atoms in total. The molecule has 26 heavy (non-hydrogen) atoms. The average molecular weight is 356 g/mol. The van der Waals surface area contributed by atoms with Crippen LogP contribution in [-0.4, -0.2) is 56.8 Å². The third-order valence-electron chi connectivity index (χ3n) is 6.03. The minimum absolute atomic E-state index is 0.357. The summed E-state index contributed by atoms with van der Waals surface area (Å²) in [4.78, 5) is 4.97. The van der Waals surface area contributed by atoms with E-state index in [2.05, 4.69) is 30.6 Å². The normalized spacial score (nSPS) is 27.6. The van der Waals surface area contributed by atoms with Gasteiger partial charge in [0.2, 0.25) is 0 Å². The molecule has 0 radical (unpaired) electrons. The SMILES string of the molecule is NC1CC(c2nnc(CN3CCN(Cc4ccco4)CC3)n2C2CC2)C1. The number of piperazine rings is 1. The van der Waals surface area contributed by atoms with Gasteiger partial charge in [-0.25, -0.2) is 0 Å². The molecule has 1 saturated heterocycles. The maximum Gasteiger partial charge on any atom is 0.147 e. The first-order chi connectivity index (χ1) is 12.8. The molecule has 2 aromatic rings. The summed E-state index contributed by atoms with van der Waals surface area (Å²) in [5, 5.41) is 9.15. The molecule has 0 bridgehead atoms. The fourth-order valence-electron chi connectivity index (χ4n) is 4.26. The highest BCUT2D eigenvalue weighted by atomic mass is 16.3. The van der Waals surface area contributed by atoms with E-state index in [0.29, 0.717) is 18.0 Å². The Balaban J connectivity index is 1.21. The van der Waals surface area contributed by atoms with E-state index in [-0.39, 0.29) is 0 Å². The van der Waals surface area contributed by atoms with E-state index in [4.69, 9.17) is 10.2 Å². The van der Waals surface area contributed by atoms with Crippen LogP contribution in [0.25, 0.3) is 0 Å². The summed E-state index contributed by atoms with van der Waals surface area (Å²) in [6.07, 6.45) is 6.43. The first kappa shape index (κ1) is 16.5. The Morgan fingerprint density at radius 3 is 2.38 bits per heavy atom. The lowest BCUT2D eigenvalue weighted by atomic mass is 9.80. The quantitative estimate of drug-likeness (QED) is 0.849. The van der Waals surface area contributed by atoms with E-state index < -0.39 is 0 Å². The Labute approximate surface area is 154 Å². The first-order valence-corrected chi connectivity index (χ1v) is 9.92. The summed E-state index contributed by atoms with van der Waals surface area (Å²) < 4.78 is 7.92. The zero-order chi connectivity index (χ0) is 17.5. The largest absolute Gasteiger partial charge is 0.468 e. The summed E-state index contributed by atoms with van der Waals surface area (Å²) in [5.41, 5.74) is 5.99. The Bertz CT molecular complexity index is 723. The van der Waals surface area contributed by atoms with Gasteiger partial charge in [-0.1, -0.05) is 0 Å². The molecule has 5 rings (SSSR count). The fourth-order valence-corrected chi connectivity index (χ4v) is 4.26. The molecule has 2 aliphatic carbocycles. The van der Waals surface area contributed by atoms with Gasteiger partial charge >= 0.3 is 0 Å². The molecule has 0 amide bonds. The Hall–Kier alpha value is -1.70. The predicted octanol–water partition coefficient (Wildman–Crippen LogP) is 1.73. The van der Waals surface area contributed by atoms with Crippen LogP contribution in [0.3, 0.4) is 0 Å². The lowest BCUT2D eigenvalue weighted by molar-refractivity contribution is 0.113. The molecule has 140 valence electrons. The topological polar surface area (TPSA) is 76.3 Å². The Kier molecular flexibility index (Phi) is 4.30. The average Bonchev–Trinajstić information content (AvgIpc) is 3.17. The van der Waals surface area contributed by atoms with E-state index in [1.165, 1.54) is 18.7 Å². The molecular weight excluding hydrogens is 328 g/mol. The van der Waals surface area contributed by atoms with Crippen LogP contribution >= 0.6 is 0 Å². The van der Waals surface area contributed by atoms with Crippen LogP contribution in [0.4, 0.5) is 0 Å². The zero-order valence-corrected chi connectivity index (χ0v) is 15.3. The van der Waals surface area contributed by atoms with Crippen LogP contribution in [-0.2, 0) is 13.1 Å². The third-order valence-corrected chi connectivity index (χ3v) is 6.03. The van der Waals surface area contributed by atoms with Crippen molar-refractivity contribution < 1.29 is 4.42 Å². The van der Waals surface area contributed by atoms with Crippen molar-refractivity contribution in [2.75, 3.05) is 26.2 Å². The van der Waals surface area contributed by atoms with E-state index >= 15 is 0 Å². The van der Waals surface area contributed by atoms with Crippen LogP contribution < -0.4 is 5.73 Å². The molecule has 0 unspecified atom stereocenters. The number of rotatable bonds is 6. The number of hydrogen-bond donors (Lipinski definition) is 1. The second-order valence-electron chi connectivity index (χ2n) is 8.14. The maximum atomic E-state index is 5.99. The minimum atomic E-state index is 0.357. The zero-order valence-electron chi connectivity index (χ0n) is 15.3. The summed E-state index contributed by atoms with van der Waals surface area (Å²) >= 11 is 0. The molecule has 0 atom stereocenters. The molecule has 3 heterocycles. The van der Waals surface area contributed by atoms with Crippen LogP contribution in [0.1, 0.15) is 55.1 Å². The van der Waals surface area contributed by atoms with Gasteiger partial charge in [0.25, 0.3) is 0 Å². The summed E-state index contributed by atoms with van der Waals surface area (Å²) in [5.74, 6) is 3.93. The van der Waals surface area contributed by atoms with Crippen molar-refractivity contribution in [1.29, 1.82) is 0 Å². The Morgan fingerprint density at radius 2 is 1.77 bits per heavy atom. The lowest BCUT2D eigenvalue weighted by Crippen LogP contribution is -2.45. The van der Waals surface area contributed by atoms with Gasteiger partial charge in [0.05, 0.1) is 19.4 Å². The summed E-state index contributed by atoms with van der Waals surface area (Å²) in [6, 6.07) is 5.00. The van der Waals surface area contributed by atoms with Gasteiger partial charge < -0.3 is 14.7 Å². The van der Waals surface area contributed by atoms with Crippen LogP contribution in [0.5, 0.6) is 0 Å². The molecular formula is C19H28N6O. The molecule has 0 spiro atoms. The molecule has 0 aromatic carbocycles. The molecule has 2 saturated carbocycles. The van der Waals surface area contributed by atoms with Crippen molar-refractivity contribution in [3.63, 3.8) is 0 Å². The van der Waals surface area contributed by atoms with Crippen molar-refractivity contribution in [1.82, 2.24) is 24.6 Å². The second kappa shape index (κ2) is 6.79. The van der Waals surface area contributed by atoms with Crippen LogP contribution in [0, 0.1) is 0 Å². The third kappa shape index (κ3) is 3.31. The van der Waals surface area contributed by atoms with Gasteiger partial charge in [-0.05, 0) is 37.8 Å². The molecule has 1 aliphatic heterocycles. The lowest BCUT2D eigenvalue weighted by Gasteiger charge is -2.34. The van der Waals surface area contributed by atoms with E-state index in [9.17, 15) is 0 Å². The van der Waals surface area contributed by atoms with Crippen molar-refractivity contribution >= 4 is 0 Å². The number of hydrogen-bond acceptors (Lipinski definition) is 6. The minimum Gasteiger partial charge on any atom is -0.468 e. The first-order valence-electron chi connectivity index (χ1n) is 9.92. The van der Waals surface area contributed by atoms with Crippen molar-refractivity contribution in [2.45, 2.75) is 56.8 Å². The maximum absolute atomic E-state index is 5.99. The molecule has 2 aromatic heterocycles. The monoisotopic (exact) mass is 356 g/mol. The van der Waals surface area contributed by atoms with Gasteiger partial charge in [0, 0.05) is 44.2 Å². The second-order valence-corrected chi connectivity index (χ2v) is 8.14. The highest BCUT2D eigenvalue weighted by Gasteiger charge is 2.37. The van der Waals surface area contributed by atoms with E-state index in [1.54, 1.807) is 6.26 Å². The number of aromatic nitrogens is 3. The van der Waals surface area contributed by atoms with Gasteiger partial charge in [-0.3, -0.25) is 9.80 Å². The molecule has 2 N–H and O–H groups in total. The predicted molar refractivity (Wildman–Crippen MR) is 97.5 cm³/mol. The number of nitrogens with two attached hydrogens (primary N) is 1. The molecule has 7 heteroatoms. The van der Waals surface area contributed by atoms with Gasteiger partial charge in [0.1, 0.15) is 17.4 Å². The fraction of sp³-hybridized carbons (Fsp3) is 0.684. The summed E-state index contributed by atoms with van der Waals surface area (Å²) in [7, 11) is 0. The number of nitrogens with zero attached hydrogens (tertiary/aromatic N) is 5. The highest BCUT2D eigenvalue weighted by molar-refractivity contribution is 5.12. The van der Waals surface area contributed by atoms with Crippen molar-refractivity contribution in [2.24, 2.45) is 5.73 Å². The van der Waals surface area contributed by atoms with Gasteiger partial charge in [-0.15, -0.1) is 10.2 Å². The van der Waals surface area contributed by atoms with Crippen LogP contribution in [0.15, 0.2) is 22.8 Å². The van der Waals surface area contributed by atoms with Crippen molar-refractivity contribution in [3.8, 4) is 0 Å². The van der Waals surface area contributed by atoms with E-state index in [0.717, 1.165) is 63.7 Å². The standard InChI is InChI=1S/C19H28N6O/c20-15-10-14(11-15)19-22-21-18(25(19)16-3-4-16)13-24-7-5-23(6-8-24)12-17-2-1-9-26-17/h1-2,9,14-16H,3-8,10-13,20H2. The molecule has 3 aliphatic rings. The smallest absolute Gasteiger partial charge is 0.147 e. The highest BCUT2D eigenvalue weighted by Crippen LogP contribution is 2.42. The van der Waals surface area contributed by atoms with Crippen LogP contribution in [0.2, 0.25) is 0 Å². The van der Waals surface area contributed by atoms with Crippen molar-refractivity contribution in [3.05, 3.63) is 35.8 Å². The van der Waals surface area contributed by atoms with E-state index in [1.807, 2.05) is 6.07 Å². The Morgan fingerprint density at radius 1 is 1.04 bits per heavy atom.